The van der Waals surface area contributed by atoms with E-state index in [1.54, 1.807) is 0 Å². The zero-order valence-corrected chi connectivity index (χ0v) is 8.60. The van der Waals surface area contributed by atoms with Crippen molar-refractivity contribution in [1.82, 2.24) is 9.55 Å². The number of hydrogen-bond donors (Lipinski definition) is 0. The fraction of sp³-hybridized carbons (Fsp3) is 0.417. The van der Waals surface area contributed by atoms with Gasteiger partial charge in [0, 0.05) is 0 Å². The van der Waals surface area contributed by atoms with Crippen molar-refractivity contribution in [1.29, 1.82) is 0 Å². The highest BCUT2D eigenvalue weighted by Crippen LogP contribution is 2.28. The number of para-hydroxylation sites is 2. The molecule has 1 heterocycles. The van der Waals surface area contributed by atoms with E-state index in [4.69, 9.17) is 4.74 Å². The summed E-state index contributed by atoms with van der Waals surface area (Å²) in [5, 5.41) is 0. The van der Waals surface area contributed by atoms with Gasteiger partial charge in [0.25, 0.3) is 0 Å². The smallest absolute Gasteiger partial charge is 0.124 e. The molecule has 0 saturated heterocycles. The fourth-order valence-electron chi connectivity index (χ4n) is 1.72. The van der Waals surface area contributed by atoms with Crippen LogP contribution in [0.1, 0.15) is 12.8 Å². The molecule has 3 rings (SSSR count). The Morgan fingerprint density at radius 2 is 2.20 bits per heavy atom. The van der Waals surface area contributed by atoms with E-state index in [0.29, 0.717) is 6.73 Å². The monoisotopic (exact) mass is 202 g/mol. The molecule has 0 spiro atoms. The van der Waals surface area contributed by atoms with E-state index < -0.39 is 0 Å². The van der Waals surface area contributed by atoms with Crippen LogP contribution in [0.4, 0.5) is 0 Å². The molecule has 3 nitrogen and oxygen atoms in total. The second-order valence-corrected chi connectivity index (χ2v) is 4.15. The molecule has 0 bridgehead atoms. The Morgan fingerprint density at radius 3 is 3.07 bits per heavy atom. The number of aromatic nitrogens is 2. The van der Waals surface area contributed by atoms with E-state index in [-0.39, 0.29) is 0 Å². The average Bonchev–Trinajstić information content (AvgIpc) is 3.00. The number of hydrogen-bond acceptors (Lipinski definition) is 2. The van der Waals surface area contributed by atoms with Crippen LogP contribution in [0.5, 0.6) is 0 Å². The van der Waals surface area contributed by atoms with Gasteiger partial charge in [0.1, 0.15) is 6.73 Å². The van der Waals surface area contributed by atoms with Crippen molar-refractivity contribution < 1.29 is 4.74 Å². The van der Waals surface area contributed by atoms with Gasteiger partial charge in [-0.15, -0.1) is 0 Å². The van der Waals surface area contributed by atoms with E-state index in [2.05, 4.69) is 15.6 Å². The molecule has 1 aliphatic rings. The summed E-state index contributed by atoms with van der Waals surface area (Å²) in [5.74, 6) is 0.819. The van der Waals surface area contributed by atoms with Crippen molar-refractivity contribution in [2.75, 3.05) is 6.61 Å². The maximum absolute atomic E-state index is 5.63. The first-order chi connectivity index (χ1) is 7.43. The van der Waals surface area contributed by atoms with Crippen LogP contribution in [-0.4, -0.2) is 16.2 Å². The summed E-state index contributed by atoms with van der Waals surface area (Å²) in [7, 11) is 0. The van der Waals surface area contributed by atoms with Crippen molar-refractivity contribution in [3.8, 4) is 0 Å². The van der Waals surface area contributed by atoms with E-state index in [9.17, 15) is 0 Å². The largest absolute Gasteiger partial charge is 0.360 e. The lowest BCUT2D eigenvalue weighted by molar-refractivity contribution is 0.0714. The van der Waals surface area contributed by atoms with Gasteiger partial charge in [-0.3, -0.25) is 0 Å². The molecule has 0 N–H and O–H groups in total. The Kier molecular flexibility index (Phi) is 2.18. The van der Waals surface area contributed by atoms with Gasteiger partial charge in [0.05, 0.1) is 24.0 Å². The van der Waals surface area contributed by atoms with Gasteiger partial charge in [0.15, 0.2) is 0 Å². The Labute approximate surface area is 88.7 Å². The van der Waals surface area contributed by atoms with Gasteiger partial charge < -0.3 is 9.30 Å². The van der Waals surface area contributed by atoms with Gasteiger partial charge in [-0.2, -0.15) is 0 Å². The molecule has 0 unspecified atom stereocenters. The molecule has 1 fully saturated rings. The maximum atomic E-state index is 5.63. The quantitative estimate of drug-likeness (QED) is 0.761. The predicted octanol–water partition coefficient (Wildman–Crippen LogP) is 2.42. The minimum Gasteiger partial charge on any atom is -0.360 e. The van der Waals surface area contributed by atoms with Crippen molar-refractivity contribution in [3.63, 3.8) is 0 Å². The van der Waals surface area contributed by atoms with Gasteiger partial charge >= 0.3 is 0 Å². The molecule has 2 aromatic rings. The maximum Gasteiger partial charge on any atom is 0.124 e. The van der Waals surface area contributed by atoms with Crippen LogP contribution in [0.15, 0.2) is 30.6 Å². The summed E-state index contributed by atoms with van der Waals surface area (Å²) >= 11 is 0. The van der Waals surface area contributed by atoms with Gasteiger partial charge in [-0.05, 0) is 30.9 Å². The van der Waals surface area contributed by atoms with Crippen LogP contribution in [-0.2, 0) is 11.5 Å². The molecule has 0 atom stereocenters. The van der Waals surface area contributed by atoms with Crippen molar-refractivity contribution in [2.24, 2.45) is 5.92 Å². The Hall–Kier alpha value is -1.35. The molecule has 1 aromatic heterocycles. The summed E-state index contributed by atoms with van der Waals surface area (Å²) in [4.78, 5) is 4.32. The van der Waals surface area contributed by atoms with Crippen LogP contribution in [0, 0.1) is 5.92 Å². The van der Waals surface area contributed by atoms with E-state index in [0.717, 1.165) is 23.6 Å². The molecule has 78 valence electrons. The van der Waals surface area contributed by atoms with E-state index in [1.165, 1.54) is 12.8 Å². The van der Waals surface area contributed by atoms with E-state index >= 15 is 0 Å². The minimum atomic E-state index is 0.622. The van der Waals surface area contributed by atoms with Gasteiger partial charge in [0.2, 0.25) is 0 Å². The summed E-state index contributed by atoms with van der Waals surface area (Å²) in [6, 6.07) is 8.13. The second-order valence-electron chi connectivity index (χ2n) is 4.15. The first-order valence-electron chi connectivity index (χ1n) is 5.41. The summed E-state index contributed by atoms with van der Waals surface area (Å²) in [6.45, 7) is 1.52. The summed E-state index contributed by atoms with van der Waals surface area (Å²) in [5.41, 5.74) is 2.18. The fourth-order valence-corrected chi connectivity index (χ4v) is 1.72. The average molecular weight is 202 g/mol. The highest BCUT2D eigenvalue weighted by molar-refractivity contribution is 5.74. The Morgan fingerprint density at radius 1 is 1.33 bits per heavy atom. The molecule has 1 saturated carbocycles. The molecule has 0 aliphatic heterocycles. The number of benzene rings is 1. The van der Waals surface area contributed by atoms with Crippen LogP contribution in [0.3, 0.4) is 0 Å². The lowest BCUT2D eigenvalue weighted by atomic mass is 10.3. The van der Waals surface area contributed by atoms with Crippen molar-refractivity contribution >= 4 is 11.0 Å². The Balaban J connectivity index is 1.72. The standard InChI is InChI=1S/C12H14N2O/c1-2-4-12-11(3-1)13-8-14(12)9-15-7-10-5-6-10/h1-4,8,10H,5-7,9H2. The third-order valence-corrected chi connectivity index (χ3v) is 2.81. The number of fused-ring (bicyclic) bond motifs is 1. The highest BCUT2D eigenvalue weighted by Gasteiger charge is 2.21. The van der Waals surface area contributed by atoms with Crippen molar-refractivity contribution in [3.05, 3.63) is 30.6 Å². The number of nitrogens with zero attached hydrogens (tertiary/aromatic N) is 2. The summed E-state index contributed by atoms with van der Waals surface area (Å²) < 4.78 is 7.69. The molecule has 0 radical (unpaired) electrons. The molecule has 3 heteroatoms. The minimum absolute atomic E-state index is 0.622. The first-order valence-corrected chi connectivity index (χ1v) is 5.41. The third-order valence-electron chi connectivity index (χ3n) is 2.81. The SMILES string of the molecule is c1ccc2c(c1)ncn2COCC1CC1. The molecule has 15 heavy (non-hydrogen) atoms. The number of rotatable bonds is 4. The van der Waals surface area contributed by atoms with E-state index in [1.807, 2.05) is 24.5 Å². The lowest BCUT2D eigenvalue weighted by Crippen LogP contribution is -2.03. The lowest BCUT2D eigenvalue weighted by Gasteiger charge is -2.04. The molecule has 1 aromatic carbocycles. The van der Waals surface area contributed by atoms with Crippen LogP contribution in [0.25, 0.3) is 11.0 Å². The predicted molar refractivity (Wildman–Crippen MR) is 58.4 cm³/mol. The topological polar surface area (TPSA) is 27.1 Å². The second kappa shape index (κ2) is 3.66. The first kappa shape index (κ1) is 8.92. The zero-order valence-electron chi connectivity index (χ0n) is 8.60. The number of ether oxygens (including phenoxy) is 1. The zero-order chi connectivity index (χ0) is 10.1. The Bertz CT molecular complexity index is 459. The third kappa shape index (κ3) is 1.88. The van der Waals surface area contributed by atoms with Gasteiger partial charge in [-0.25, -0.2) is 4.98 Å². The molecule has 1 aliphatic carbocycles. The molecular weight excluding hydrogens is 188 g/mol. The van der Waals surface area contributed by atoms with Gasteiger partial charge in [-0.1, -0.05) is 12.1 Å². The normalized spacial score (nSPS) is 16.0. The highest BCUT2D eigenvalue weighted by atomic mass is 16.5. The molecular formula is C12H14N2O. The van der Waals surface area contributed by atoms with Crippen LogP contribution in [0.2, 0.25) is 0 Å². The van der Waals surface area contributed by atoms with Crippen molar-refractivity contribution in [2.45, 2.75) is 19.6 Å². The van der Waals surface area contributed by atoms with Crippen LogP contribution < -0.4 is 0 Å². The van der Waals surface area contributed by atoms with Crippen LogP contribution >= 0.6 is 0 Å². The number of imidazole rings is 1. The molecule has 0 amide bonds. The summed E-state index contributed by atoms with van der Waals surface area (Å²) in [6.07, 6.45) is 4.52.